The molecule has 14 heavy (non-hydrogen) atoms. The summed E-state index contributed by atoms with van der Waals surface area (Å²) >= 11 is 14.2. The van der Waals surface area contributed by atoms with Crippen LogP contribution >= 0.6 is 47.8 Å². The number of halogens is 1. The molecule has 4 heteroatoms. The minimum atomic E-state index is 0.574. The van der Waals surface area contributed by atoms with E-state index >= 15 is 0 Å². The molecule has 0 N–H and O–H groups in total. The third kappa shape index (κ3) is 2.57. The van der Waals surface area contributed by atoms with Crippen molar-refractivity contribution in [3.8, 4) is 0 Å². The molecular weight excluding hydrogens is 252 g/mol. The van der Waals surface area contributed by atoms with Gasteiger partial charge in [-0.25, -0.2) is 0 Å². The first-order valence-corrected chi connectivity index (χ1v) is 7.43. The number of thioether (sulfide) groups is 2. The topological polar surface area (TPSA) is 0 Å². The van der Waals surface area contributed by atoms with Gasteiger partial charge < -0.3 is 0 Å². The number of benzene rings is 1. The highest BCUT2D eigenvalue weighted by Gasteiger charge is 2.25. The average Bonchev–Trinajstić information content (AvgIpc) is 2.67. The van der Waals surface area contributed by atoms with E-state index in [0.717, 1.165) is 10.8 Å². The monoisotopic (exact) mass is 262 g/mol. The van der Waals surface area contributed by atoms with Gasteiger partial charge in [-0.3, -0.25) is 0 Å². The van der Waals surface area contributed by atoms with Crippen LogP contribution in [0, 0.1) is 0 Å². The zero-order valence-corrected chi connectivity index (χ0v) is 10.8. The van der Waals surface area contributed by atoms with E-state index in [2.05, 4.69) is 24.8 Å². The van der Waals surface area contributed by atoms with Crippen LogP contribution in [0.15, 0.2) is 24.3 Å². The zero-order valence-electron chi connectivity index (χ0n) is 7.52. The predicted molar refractivity (Wildman–Crippen MR) is 71.9 cm³/mol. The van der Waals surface area contributed by atoms with Crippen LogP contribution < -0.4 is 0 Å². The molecule has 2 unspecified atom stereocenters. The maximum absolute atomic E-state index is 5.85. The molecule has 0 amide bonds. The molecule has 2 rings (SSSR count). The van der Waals surface area contributed by atoms with Gasteiger partial charge in [0.1, 0.15) is 0 Å². The van der Waals surface area contributed by atoms with E-state index in [1.54, 1.807) is 0 Å². The van der Waals surface area contributed by atoms with Crippen molar-refractivity contribution in [2.75, 3.05) is 11.5 Å². The summed E-state index contributed by atoms with van der Waals surface area (Å²) in [7, 11) is 0. The molecule has 1 heterocycles. The summed E-state index contributed by atoms with van der Waals surface area (Å²) < 4.78 is 0.574. The second kappa shape index (κ2) is 5.06. The smallest absolute Gasteiger partial charge is 0.0755 e. The van der Waals surface area contributed by atoms with Crippen LogP contribution in [-0.2, 0) is 0 Å². The van der Waals surface area contributed by atoms with Crippen LogP contribution in [0.4, 0.5) is 0 Å². The van der Waals surface area contributed by atoms with Crippen LogP contribution in [0.5, 0.6) is 0 Å². The minimum absolute atomic E-state index is 0.574. The SMILES string of the molecule is SCC1CSC(c2ccc(Cl)cc2)S1. The van der Waals surface area contributed by atoms with Crippen LogP contribution in [0.3, 0.4) is 0 Å². The number of hydrogen-bond acceptors (Lipinski definition) is 3. The molecule has 0 aliphatic carbocycles. The van der Waals surface area contributed by atoms with Crippen molar-refractivity contribution in [2.45, 2.75) is 9.83 Å². The highest BCUT2D eigenvalue weighted by molar-refractivity contribution is 8.20. The van der Waals surface area contributed by atoms with Gasteiger partial charge in [0.05, 0.1) is 4.58 Å². The molecule has 1 aliphatic rings. The van der Waals surface area contributed by atoms with Crippen LogP contribution in [0.2, 0.25) is 5.02 Å². The normalized spacial score (nSPS) is 26.7. The Bertz CT molecular complexity index is 299. The Morgan fingerprint density at radius 1 is 1.36 bits per heavy atom. The Morgan fingerprint density at radius 3 is 2.64 bits per heavy atom. The standard InChI is InChI=1S/C10H11ClS3/c11-8-3-1-7(2-4-8)10-13-6-9(5-12)14-10/h1-4,9-10,12H,5-6H2. The van der Waals surface area contributed by atoms with Crippen molar-refractivity contribution in [1.29, 1.82) is 0 Å². The number of hydrogen-bond donors (Lipinski definition) is 1. The van der Waals surface area contributed by atoms with E-state index in [9.17, 15) is 0 Å². The number of thiol groups is 1. The molecule has 0 spiro atoms. The third-order valence-corrected chi connectivity index (χ3v) is 6.40. The Kier molecular flexibility index (Phi) is 4.00. The molecule has 1 aromatic rings. The molecule has 1 saturated heterocycles. The third-order valence-electron chi connectivity index (χ3n) is 2.10. The van der Waals surface area contributed by atoms with Gasteiger partial charge >= 0.3 is 0 Å². The van der Waals surface area contributed by atoms with Crippen molar-refractivity contribution in [3.05, 3.63) is 34.9 Å². The van der Waals surface area contributed by atoms with Gasteiger partial charge in [0.2, 0.25) is 0 Å². The van der Waals surface area contributed by atoms with Crippen molar-refractivity contribution in [3.63, 3.8) is 0 Å². The molecule has 1 aromatic carbocycles. The number of rotatable bonds is 2. The second-order valence-electron chi connectivity index (χ2n) is 3.16. The maximum atomic E-state index is 5.85. The molecule has 76 valence electrons. The lowest BCUT2D eigenvalue weighted by Crippen LogP contribution is -2.01. The molecule has 1 fully saturated rings. The summed E-state index contributed by atoms with van der Waals surface area (Å²) in [5, 5.41) is 1.51. The van der Waals surface area contributed by atoms with Gasteiger partial charge in [-0.05, 0) is 17.7 Å². The molecule has 0 radical (unpaired) electrons. The lowest BCUT2D eigenvalue weighted by atomic mass is 10.2. The quantitative estimate of drug-likeness (QED) is 0.797. The Morgan fingerprint density at radius 2 is 2.07 bits per heavy atom. The molecular formula is C10H11ClS3. The van der Waals surface area contributed by atoms with Gasteiger partial charge in [-0.2, -0.15) is 12.6 Å². The minimum Gasteiger partial charge on any atom is -0.178 e. The Hall–Kier alpha value is 0.560. The first-order valence-electron chi connectivity index (χ1n) is 4.43. The van der Waals surface area contributed by atoms with E-state index in [1.165, 1.54) is 11.3 Å². The lowest BCUT2D eigenvalue weighted by molar-refractivity contribution is 1.17. The summed E-state index contributed by atoms with van der Waals surface area (Å²) in [6.45, 7) is 0. The molecule has 0 bridgehead atoms. The van der Waals surface area contributed by atoms with Gasteiger partial charge in [-0.1, -0.05) is 23.7 Å². The fourth-order valence-electron chi connectivity index (χ4n) is 1.34. The van der Waals surface area contributed by atoms with Crippen molar-refractivity contribution in [1.82, 2.24) is 0 Å². The van der Waals surface area contributed by atoms with Crippen LogP contribution in [-0.4, -0.2) is 16.8 Å². The summed E-state index contributed by atoms with van der Waals surface area (Å²) in [5.74, 6) is 2.18. The largest absolute Gasteiger partial charge is 0.178 e. The van der Waals surface area contributed by atoms with Gasteiger partial charge in [0.25, 0.3) is 0 Å². The predicted octanol–water partition coefficient (Wildman–Crippen LogP) is 4.12. The van der Waals surface area contributed by atoms with E-state index in [0.29, 0.717) is 9.83 Å². The van der Waals surface area contributed by atoms with Crippen molar-refractivity contribution >= 4 is 47.8 Å². The van der Waals surface area contributed by atoms with E-state index in [4.69, 9.17) is 11.6 Å². The highest BCUT2D eigenvalue weighted by Crippen LogP contribution is 2.49. The zero-order chi connectivity index (χ0) is 9.97. The molecule has 0 aromatic heterocycles. The van der Waals surface area contributed by atoms with Crippen LogP contribution in [0.1, 0.15) is 10.1 Å². The first-order chi connectivity index (χ1) is 6.79. The van der Waals surface area contributed by atoms with E-state index < -0.39 is 0 Å². The molecule has 0 saturated carbocycles. The summed E-state index contributed by atoms with van der Waals surface area (Å²) in [6, 6.07) is 8.17. The van der Waals surface area contributed by atoms with Gasteiger partial charge in [0.15, 0.2) is 0 Å². The van der Waals surface area contributed by atoms with Crippen LogP contribution in [0.25, 0.3) is 0 Å². The first kappa shape index (κ1) is 11.1. The molecule has 1 aliphatic heterocycles. The fourth-order valence-corrected chi connectivity index (χ4v) is 5.20. The Balaban J connectivity index is 2.06. The van der Waals surface area contributed by atoms with Crippen molar-refractivity contribution in [2.24, 2.45) is 0 Å². The van der Waals surface area contributed by atoms with Gasteiger partial charge in [0, 0.05) is 21.8 Å². The summed E-state index contributed by atoms with van der Waals surface area (Å²) in [4.78, 5) is 0. The highest BCUT2D eigenvalue weighted by atomic mass is 35.5. The summed E-state index contributed by atoms with van der Waals surface area (Å²) in [6.07, 6.45) is 0. The molecule has 2 atom stereocenters. The van der Waals surface area contributed by atoms with Crippen molar-refractivity contribution < 1.29 is 0 Å². The fraction of sp³-hybridized carbons (Fsp3) is 0.400. The average molecular weight is 263 g/mol. The van der Waals surface area contributed by atoms with E-state index in [-0.39, 0.29) is 0 Å². The maximum Gasteiger partial charge on any atom is 0.0755 e. The lowest BCUT2D eigenvalue weighted by Gasteiger charge is -2.09. The summed E-state index contributed by atoms with van der Waals surface area (Å²) in [5.41, 5.74) is 1.37. The second-order valence-corrected chi connectivity index (χ2v) is 6.81. The Labute approximate surface area is 104 Å². The van der Waals surface area contributed by atoms with Gasteiger partial charge in [-0.15, -0.1) is 23.5 Å². The molecule has 0 nitrogen and oxygen atoms in total. The van der Waals surface area contributed by atoms with E-state index in [1.807, 2.05) is 35.7 Å².